The van der Waals surface area contributed by atoms with Gasteiger partial charge in [0.1, 0.15) is 13.2 Å². The van der Waals surface area contributed by atoms with Crippen LogP contribution in [0.15, 0.2) is 0 Å². The van der Waals surface area contributed by atoms with Gasteiger partial charge in [-0.15, -0.1) is 0 Å². The smallest absolute Gasteiger partial charge is 0.344 e. The van der Waals surface area contributed by atoms with Crippen LogP contribution in [-0.4, -0.2) is 160 Å². The van der Waals surface area contributed by atoms with E-state index in [1.807, 2.05) is 0 Å². The van der Waals surface area contributed by atoms with Crippen molar-refractivity contribution in [3.8, 4) is 0 Å². The van der Waals surface area contributed by atoms with Crippen LogP contribution >= 0.6 is 23.2 Å². The fourth-order valence-electron chi connectivity index (χ4n) is 4.52. The second-order valence-electron chi connectivity index (χ2n) is 13.9. The summed E-state index contributed by atoms with van der Waals surface area (Å²) in [5.41, 5.74) is 0. The number of ether oxygens (including phenoxy) is 6. The molecule has 24 nitrogen and oxygen atoms in total. The van der Waals surface area contributed by atoms with Crippen molar-refractivity contribution in [1.29, 1.82) is 0 Å². The van der Waals surface area contributed by atoms with E-state index in [0.29, 0.717) is 64.7 Å². The molecule has 0 saturated carbocycles. The Balaban J connectivity index is -0.00000107. The third-order valence-electron chi connectivity index (χ3n) is 8.09. The van der Waals surface area contributed by atoms with Crippen molar-refractivity contribution >= 4 is 93.1 Å². The number of halogens is 2. The fourth-order valence-corrected chi connectivity index (χ4v) is 4.79. The number of methoxy groups -OCH3 is 1. The summed E-state index contributed by atoms with van der Waals surface area (Å²) >= 11 is 10.1. The van der Waals surface area contributed by atoms with Crippen LogP contribution in [0.25, 0.3) is 0 Å². The normalized spacial score (nSPS) is 9.91. The lowest BCUT2D eigenvalue weighted by molar-refractivity contribution is -0.160. The number of carbonyl (C=O) groups is 12. The third-order valence-corrected chi connectivity index (χ3v) is 8.46. The van der Waals surface area contributed by atoms with Gasteiger partial charge in [-0.3, -0.25) is 43.2 Å². The summed E-state index contributed by atoms with van der Waals surface area (Å²) in [7, 11) is 1.29. The lowest BCUT2D eigenvalue weighted by Gasteiger charge is -2.08. The van der Waals surface area contributed by atoms with Crippen LogP contribution in [0.1, 0.15) is 116 Å². The van der Waals surface area contributed by atoms with Gasteiger partial charge in [-0.25, -0.2) is 14.4 Å². The molecule has 0 radical (unpaired) electrons. The van der Waals surface area contributed by atoms with Crippen molar-refractivity contribution in [2.45, 2.75) is 116 Å². The van der Waals surface area contributed by atoms with Gasteiger partial charge in [-0.05, 0) is 74.6 Å². The number of nitrogens with one attached hydrogen (secondary N) is 4. The van der Waals surface area contributed by atoms with Crippen LogP contribution in [0.2, 0.25) is 0 Å². The average molecular weight is 1020 g/mol. The molecule has 26 heteroatoms. The number of hydrogen-bond acceptors (Lipinski definition) is 20. The molecule has 0 aromatic carbocycles. The summed E-state index contributed by atoms with van der Waals surface area (Å²) < 4.78 is 27.6. The van der Waals surface area contributed by atoms with E-state index in [-0.39, 0.29) is 48.2 Å². The maximum absolute atomic E-state index is 11.7. The van der Waals surface area contributed by atoms with E-state index in [9.17, 15) is 57.5 Å². The molecule has 0 atom stereocenters. The Morgan fingerprint density at radius 1 is 0.368 bits per heavy atom. The largest absolute Gasteiger partial charge is 0.469 e. The Hall–Kier alpha value is -5.46. The molecule has 0 aliphatic rings. The van der Waals surface area contributed by atoms with Gasteiger partial charge in [0.2, 0.25) is 10.5 Å². The van der Waals surface area contributed by atoms with Gasteiger partial charge in [-0.2, -0.15) is 0 Å². The van der Waals surface area contributed by atoms with Crippen molar-refractivity contribution in [3.05, 3.63) is 0 Å². The van der Waals surface area contributed by atoms with E-state index >= 15 is 0 Å². The van der Waals surface area contributed by atoms with Gasteiger partial charge < -0.3 is 59.9 Å². The molecule has 4 amide bonds. The fraction of sp³-hybridized carbons (Fsp3) is 0.714. The number of carbonyl (C=O) groups excluding carboxylic acids is 12. The molecule has 68 heavy (non-hydrogen) atoms. The average Bonchev–Trinajstić information content (AvgIpc) is 3.32. The van der Waals surface area contributed by atoms with Crippen LogP contribution in [0.3, 0.4) is 0 Å². The number of amides is 4. The third kappa shape index (κ3) is 53.2. The zero-order valence-corrected chi connectivity index (χ0v) is 40.3. The highest BCUT2D eigenvalue weighted by molar-refractivity contribution is 6.63. The Kier molecular flexibility index (Phi) is 47.2. The second-order valence-corrected chi connectivity index (χ2v) is 14.7. The Labute approximate surface area is 405 Å². The Bertz CT molecular complexity index is 1480. The van der Waals surface area contributed by atoms with Gasteiger partial charge in [0, 0.05) is 58.3 Å². The highest BCUT2D eigenvalue weighted by Crippen LogP contribution is 2.05. The Morgan fingerprint density at radius 2 is 0.662 bits per heavy atom. The standard InChI is InChI=1S/C22H36N2O10.C14H24N2O8.C6H8Cl2O2/c1-3-19(27)32-14-17(25)23-12-8-4-5-9-13-24-18(26)15-33-22(30)16-34-21(29)11-7-6-10-20(28)31-2;17-7-13(21)23-9-11(19)15-5-3-1-2-4-6-16-12(20)10-24-14(22)8-18;7-5(9)3-1-2-4-6(8)10/h3-16H2,1-2H3,(H,23,25)(H,24,26);17-18H,1-10H2,(H,15,19)(H,16,20);1-4H2. The number of unbranched alkanes of at least 4 members (excludes halogenated alkanes) is 8. The highest BCUT2D eigenvalue weighted by atomic mass is 35.5. The van der Waals surface area contributed by atoms with Crippen LogP contribution in [-0.2, 0) is 86.0 Å². The van der Waals surface area contributed by atoms with E-state index in [2.05, 4.69) is 35.5 Å². The molecule has 0 heterocycles. The van der Waals surface area contributed by atoms with Gasteiger partial charge in [0.25, 0.3) is 23.6 Å². The minimum Gasteiger partial charge on any atom is -0.469 e. The number of rotatable bonds is 37. The molecule has 0 aliphatic heterocycles. The van der Waals surface area contributed by atoms with Gasteiger partial charge in [0.15, 0.2) is 33.0 Å². The number of esters is 6. The number of aliphatic hydroxyl groups excluding tert-OH is 2. The van der Waals surface area contributed by atoms with Crippen LogP contribution in [0.4, 0.5) is 0 Å². The zero-order chi connectivity index (χ0) is 51.8. The number of hydrogen-bond donors (Lipinski definition) is 6. The zero-order valence-electron chi connectivity index (χ0n) is 38.8. The predicted octanol–water partition coefficient (Wildman–Crippen LogP) is 0.480. The van der Waals surface area contributed by atoms with Crippen molar-refractivity contribution in [3.63, 3.8) is 0 Å². The summed E-state index contributed by atoms with van der Waals surface area (Å²) in [6.07, 6.45) is 9.62. The minimum absolute atomic E-state index is 0.0610. The molecule has 0 aromatic heterocycles. The first-order valence-corrected chi connectivity index (χ1v) is 22.7. The molecule has 0 rings (SSSR count). The summed E-state index contributed by atoms with van der Waals surface area (Å²) in [6.45, 7) is -0.234. The molecule has 390 valence electrons. The predicted molar refractivity (Wildman–Crippen MR) is 239 cm³/mol. The molecule has 6 N–H and O–H groups in total. The SMILES string of the molecule is CCC(=O)OCC(=O)NCCCCCCNC(=O)COC(=O)COC(=O)CCCCC(=O)OC.O=C(COC(=O)CO)NCCCCCCNC(=O)COC(=O)CO.O=C(Cl)CCCCC(=O)Cl. The maximum Gasteiger partial charge on any atom is 0.344 e. The molecule has 0 fully saturated rings. The summed E-state index contributed by atoms with van der Waals surface area (Å²) in [5, 5.41) is 26.5. The summed E-state index contributed by atoms with van der Waals surface area (Å²) in [5.74, 6) is -5.55. The lowest BCUT2D eigenvalue weighted by atomic mass is 10.2. The monoisotopic (exact) mass is 1020 g/mol. The van der Waals surface area contributed by atoms with Crippen molar-refractivity contribution in [2.24, 2.45) is 0 Å². The lowest BCUT2D eigenvalue weighted by Crippen LogP contribution is -2.30. The van der Waals surface area contributed by atoms with Crippen LogP contribution < -0.4 is 21.3 Å². The highest BCUT2D eigenvalue weighted by Gasteiger charge is 2.12. The quantitative estimate of drug-likeness (QED) is 0.0213. The topological polar surface area (TPSA) is 349 Å². The molecule has 0 aromatic rings. The number of aliphatic hydroxyl groups is 2. The molecule has 0 saturated heterocycles. The Morgan fingerprint density at radius 3 is 0.971 bits per heavy atom. The summed E-state index contributed by atoms with van der Waals surface area (Å²) in [4.78, 5) is 132. The first kappa shape index (κ1) is 66.8. The van der Waals surface area contributed by atoms with Crippen molar-refractivity contribution < 1.29 is 96.2 Å². The van der Waals surface area contributed by atoms with E-state index in [4.69, 9.17) is 47.6 Å². The molecule has 0 unspecified atom stereocenters. The molecule has 0 bridgehead atoms. The van der Waals surface area contributed by atoms with E-state index in [1.54, 1.807) is 6.92 Å². The van der Waals surface area contributed by atoms with E-state index < -0.39 is 87.2 Å². The van der Waals surface area contributed by atoms with Crippen molar-refractivity contribution in [1.82, 2.24) is 21.3 Å². The maximum atomic E-state index is 11.7. The van der Waals surface area contributed by atoms with Gasteiger partial charge >= 0.3 is 35.8 Å². The van der Waals surface area contributed by atoms with E-state index in [1.165, 1.54) is 7.11 Å². The van der Waals surface area contributed by atoms with Crippen molar-refractivity contribution in [2.75, 3.05) is 79.5 Å². The summed E-state index contributed by atoms with van der Waals surface area (Å²) in [6, 6.07) is 0. The van der Waals surface area contributed by atoms with E-state index in [0.717, 1.165) is 51.4 Å². The van der Waals surface area contributed by atoms with Gasteiger partial charge in [0.05, 0.1) is 7.11 Å². The van der Waals surface area contributed by atoms with Gasteiger partial charge in [-0.1, -0.05) is 32.6 Å². The molecular formula is C42H68Cl2N4O20. The minimum atomic E-state index is -0.849. The first-order valence-electron chi connectivity index (χ1n) is 21.9. The molecule has 0 aliphatic carbocycles. The molecular weight excluding hydrogens is 951 g/mol. The first-order chi connectivity index (χ1) is 32.4. The van der Waals surface area contributed by atoms with Crippen LogP contribution in [0.5, 0.6) is 0 Å². The van der Waals surface area contributed by atoms with Crippen LogP contribution in [0, 0.1) is 0 Å². The molecule has 0 spiro atoms. The second kappa shape index (κ2) is 48.0.